The van der Waals surface area contributed by atoms with E-state index in [9.17, 15) is 41.9 Å². The highest BCUT2D eigenvalue weighted by Gasteiger charge is 2.43. The molecular weight excluding hydrogens is 643 g/mol. The van der Waals surface area contributed by atoms with Crippen molar-refractivity contribution in [1.82, 2.24) is 25.3 Å². The summed E-state index contributed by atoms with van der Waals surface area (Å²) in [7, 11) is 1.09. The quantitative estimate of drug-likeness (QED) is 0.252. The summed E-state index contributed by atoms with van der Waals surface area (Å²) in [6, 6.07) is 3.14. The number of nitrogens with zero attached hydrogens (tertiary/aromatic N) is 4. The number of carbonyl (C=O) groups is 5. The summed E-state index contributed by atoms with van der Waals surface area (Å²) in [5.74, 6) is -5.60. The van der Waals surface area contributed by atoms with Gasteiger partial charge in [0.05, 0.1) is 25.5 Å². The molecule has 0 aliphatic carbocycles. The maximum atomic E-state index is 13.6. The fraction of sp³-hybridized carbons (Fsp3) is 0.433. The van der Waals surface area contributed by atoms with Crippen LogP contribution in [0.1, 0.15) is 63.5 Å². The molecule has 0 spiro atoms. The maximum Gasteiger partial charge on any atom is 0.471 e. The van der Waals surface area contributed by atoms with Crippen LogP contribution in [0.3, 0.4) is 0 Å². The van der Waals surface area contributed by atoms with Gasteiger partial charge in [-0.3, -0.25) is 39.2 Å². The summed E-state index contributed by atoms with van der Waals surface area (Å²) in [4.78, 5) is 88.9. The van der Waals surface area contributed by atoms with Crippen LogP contribution in [0.5, 0.6) is 0 Å². The van der Waals surface area contributed by atoms with Crippen LogP contribution in [0, 0.1) is 5.92 Å². The van der Waals surface area contributed by atoms with Gasteiger partial charge in [-0.05, 0) is 51.5 Å². The van der Waals surface area contributed by atoms with Crippen molar-refractivity contribution in [2.24, 2.45) is 5.92 Å². The van der Waals surface area contributed by atoms with E-state index in [1.54, 1.807) is 34.6 Å². The average molecular weight is 678 g/mol. The molecule has 0 aliphatic heterocycles. The molecule has 0 fully saturated rings. The van der Waals surface area contributed by atoms with E-state index in [2.05, 4.69) is 30.6 Å². The van der Waals surface area contributed by atoms with Gasteiger partial charge in [0.15, 0.2) is 11.2 Å². The first kappa shape index (κ1) is 37.0. The van der Waals surface area contributed by atoms with Gasteiger partial charge in [-0.1, -0.05) is 13.8 Å². The Kier molecular flexibility index (Phi) is 11.6. The van der Waals surface area contributed by atoms with Gasteiger partial charge in [-0.2, -0.15) is 18.2 Å². The number of alkyl halides is 3. The van der Waals surface area contributed by atoms with Crippen LogP contribution < -0.4 is 21.1 Å². The van der Waals surface area contributed by atoms with Gasteiger partial charge in [-0.15, -0.1) is 0 Å². The largest absolute Gasteiger partial charge is 0.471 e. The second-order valence-corrected chi connectivity index (χ2v) is 11.7. The topological polar surface area (TPSA) is 203 Å². The first-order chi connectivity index (χ1) is 22.3. The Morgan fingerprint density at radius 1 is 1.02 bits per heavy atom. The molecule has 0 bridgehead atoms. The predicted molar refractivity (Wildman–Crippen MR) is 163 cm³/mol. The molecule has 1 unspecified atom stereocenters. The number of hydrogen-bond acceptors (Lipinski definition) is 11. The minimum absolute atomic E-state index is 0.0900. The van der Waals surface area contributed by atoms with Crippen LogP contribution in [0.4, 0.5) is 24.8 Å². The highest BCUT2D eigenvalue weighted by molar-refractivity contribution is 5.99. The summed E-state index contributed by atoms with van der Waals surface area (Å²) in [6.07, 6.45) is -4.67. The summed E-state index contributed by atoms with van der Waals surface area (Å²) in [6.45, 7) is 7.45. The van der Waals surface area contributed by atoms with Crippen LogP contribution in [-0.4, -0.2) is 74.5 Å². The summed E-state index contributed by atoms with van der Waals surface area (Å²) >= 11 is 0. The standard InChI is InChI=1S/C30H34F3N7O8/c1-15(2)23(42)38-28-37-22-21(25(44)39-28)35-17(13-34-22)14-40(27(46)30(31,32)33)18-9-7-16(8-10-18)24(43)36-19(26(45)47-6)11-12-20(41)48-29(3,4)5/h7-10,13,15,19H,11-12,14H2,1-6H3,(H,36,43)(H2,34,37,38,39,42,44). The van der Waals surface area contributed by atoms with Gasteiger partial charge in [-0.25, -0.2) is 14.8 Å². The zero-order valence-corrected chi connectivity index (χ0v) is 26.9. The number of fused-ring (bicyclic) bond motifs is 1. The van der Waals surface area contributed by atoms with Crippen LogP contribution in [0.25, 0.3) is 11.2 Å². The summed E-state index contributed by atoms with van der Waals surface area (Å²) in [5.41, 5.74) is -2.75. The first-order valence-corrected chi connectivity index (χ1v) is 14.4. The molecule has 0 aliphatic rings. The molecule has 258 valence electrons. The van der Waals surface area contributed by atoms with E-state index in [-0.39, 0.29) is 46.9 Å². The molecule has 15 nitrogen and oxygen atoms in total. The van der Waals surface area contributed by atoms with Crippen LogP contribution in [0.2, 0.25) is 0 Å². The number of hydrogen-bond donors (Lipinski definition) is 3. The molecule has 18 heteroatoms. The Balaban J connectivity index is 1.84. The van der Waals surface area contributed by atoms with E-state index < -0.39 is 65.5 Å². The van der Waals surface area contributed by atoms with Crippen molar-refractivity contribution in [3.05, 3.63) is 52.1 Å². The number of ether oxygens (including phenoxy) is 2. The van der Waals surface area contributed by atoms with Crippen molar-refractivity contribution in [2.75, 3.05) is 17.3 Å². The van der Waals surface area contributed by atoms with Crippen molar-refractivity contribution in [3.8, 4) is 0 Å². The van der Waals surface area contributed by atoms with Gasteiger partial charge >= 0.3 is 24.0 Å². The predicted octanol–water partition coefficient (Wildman–Crippen LogP) is 2.80. The van der Waals surface area contributed by atoms with Gasteiger partial charge < -0.3 is 14.8 Å². The van der Waals surface area contributed by atoms with Crippen molar-refractivity contribution in [1.29, 1.82) is 0 Å². The molecule has 48 heavy (non-hydrogen) atoms. The summed E-state index contributed by atoms with van der Waals surface area (Å²) in [5, 5.41) is 4.82. The van der Waals surface area contributed by atoms with E-state index >= 15 is 0 Å². The molecule has 3 rings (SSSR count). The van der Waals surface area contributed by atoms with E-state index in [1.807, 2.05) is 0 Å². The second kappa shape index (κ2) is 15.0. The lowest BCUT2D eigenvalue weighted by molar-refractivity contribution is -0.170. The zero-order valence-electron chi connectivity index (χ0n) is 26.9. The third kappa shape index (κ3) is 10.0. The minimum atomic E-state index is -5.31. The number of esters is 2. The number of anilines is 2. The van der Waals surface area contributed by atoms with Crippen LogP contribution >= 0.6 is 0 Å². The molecule has 1 aromatic carbocycles. The van der Waals surface area contributed by atoms with Crippen LogP contribution in [-0.2, 0) is 35.2 Å². The van der Waals surface area contributed by atoms with Crippen molar-refractivity contribution in [3.63, 3.8) is 0 Å². The number of aromatic amines is 1. The Morgan fingerprint density at radius 2 is 1.67 bits per heavy atom. The molecule has 2 heterocycles. The number of aromatic nitrogens is 4. The molecule has 2 aromatic heterocycles. The number of methoxy groups -OCH3 is 1. The third-order valence-corrected chi connectivity index (χ3v) is 6.33. The van der Waals surface area contributed by atoms with Crippen molar-refractivity contribution >= 4 is 52.5 Å². The van der Waals surface area contributed by atoms with Gasteiger partial charge in [0.25, 0.3) is 11.5 Å². The fourth-order valence-corrected chi connectivity index (χ4v) is 4.03. The Labute approximate surface area is 271 Å². The average Bonchev–Trinajstić information content (AvgIpc) is 3.00. The van der Waals surface area contributed by atoms with Gasteiger partial charge in [0.2, 0.25) is 11.9 Å². The second-order valence-electron chi connectivity index (χ2n) is 11.7. The first-order valence-electron chi connectivity index (χ1n) is 14.4. The molecule has 0 saturated heterocycles. The smallest absolute Gasteiger partial charge is 0.467 e. The molecule has 0 saturated carbocycles. The lowest BCUT2D eigenvalue weighted by Crippen LogP contribution is -2.42. The molecular formula is C30H34F3N7O8. The van der Waals surface area contributed by atoms with Crippen LogP contribution in [0.15, 0.2) is 35.3 Å². The van der Waals surface area contributed by atoms with Crippen molar-refractivity contribution in [2.45, 2.75) is 71.8 Å². The van der Waals surface area contributed by atoms with E-state index in [0.29, 0.717) is 4.90 Å². The molecule has 1 atom stereocenters. The Bertz CT molecular complexity index is 1750. The maximum absolute atomic E-state index is 13.6. The highest BCUT2D eigenvalue weighted by atomic mass is 19.4. The van der Waals surface area contributed by atoms with Crippen molar-refractivity contribution < 1.29 is 46.6 Å². The number of carbonyl (C=O) groups excluding carboxylic acids is 5. The molecule has 3 N–H and O–H groups in total. The lowest BCUT2D eigenvalue weighted by atomic mass is 10.1. The number of benzene rings is 1. The van der Waals surface area contributed by atoms with E-state index in [4.69, 9.17) is 9.47 Å². The molecule has 3 amide bonds. The fourth-order valence-electron chi connectivity index (χ4n) is 4.03. The highest BCUT2D eigenvalue weighted by Crippen LogP contribution is 2.26. The van der Waals surface area contributed by atoms with Gasteiger partial charge in [0, 0.05) is 23.6 Å². The SMILES string of the molecule is COC(=O)C(CCC(=O)OC(C)(C)C)NC(=O)c1ccc(N(Cc2cnc3nc(NC(=O)C(C)C)[nH]c(=O)c3n2)C(=O)C(F)(F)F)cc1. The molecule has 0 radical (unpaired) electrons. The minimum Gasteiger partial charge on any atom is -0.467 e. The Morgan fingerprint density at radius 3 is 2.23 bits per heavy atom. The number of H-pyrrole nitrogens is 1. The summed E-state index contributed by atoms with van der Waals surface area (Å²) < 4.78 is 50.8. The number of rotatable bonds is 11. The lowest BCUT2D eigenvalue weighted by Gasteiger charge is -2.24. The Hall–Kier alpha value is -5.42. The number of amides is 3. The van der Waals surface area contributed by atoms with E-state index in [0.717, 1.165) is 37.6 Å². The normalized spacial score (nSPS) is 12.3. The van der Waals surface area contributed by atoms with Gasteiger partial charge in [0.1, 0.15) is 11.6 Å². The number of halogens is 3. The third-order valence-electron chi connectivity index (χ3n) is 6.33. The molecule has 3 aromatic rings. The zero-order chi connectivity index (χ0) is 36.0. The van der Waals surface area contributed by atoms with E-state index in [1.165, 1.54) is 0 Å². The monoisotopic (exact) mass is 677 g/mol. The number of nitrogens with one attached hydrogen (secondary N) is 3.